The van der Waals surface area contributed by atoms with Crippen molar-refractivity contribution >= 4 is 23.2 Å². The van der Waals surface area contributed by atoms with Crippen molar-refractivity contribution in [1.29, 1.82) is 0 Å². The zero-order valence-electron chi connectivity index (χ0n) is 11.7. The van der Waals surface area contributed by atoms with E-state index in [0.717, 1.165) is 19.4 Å². The van der Waals surface area contributed by atoms with E-state index in [0.29, 0.717) is 28.6 Å². The Morgan fingerprint density at radius 1 is 1.60 bits per heavy atom. The first-order chi connectivity index (χ1) is 9.45. The summed E-state index contributed by atoms with van der Waals surface area (Å²) in [6, 6.07) is 3.06. The van der Waals surface area contributed by atoms with Crippen molar-refractivity contribution in [1.82, 2.24) is 5.32 Å². The van der Waals surface area contributed by atoms with Crippen molar-refractivity contribution in [3.05, 3.63) is 22.7 Å². The first kappa shape index (κ1) is 14.9. The molecule has 1 aromatic carbocycles. The molecule has 1 saturated heterocycles. The molecule has 0 radical (unpaired) electrons. The first-order valence-corrected chi connectivity index (χ1v) is 6.88. The summed E-state index contributed by atoms with van der Waals surface area (Å²) in [5.74, 6) is 0.155. The molecule has 0 aromatic heterocycles. The quantitative estimate of drug-likeness (QED) is 0.836. The maximum Gasteiger partial charge on any atom is 0.255 e. The molecule has 3 N–H and O–H groups in total. The second-order valence-corrected chi connectivity index (χ2v) is 5.57. The lowest BCUT2D eigenvalue weighted by atomic mass is 10.0. The van der Waals surface area contributed by atoms with E-state index < -0.39 is 0 Å². The number of methoxy groups -OCH3 is 1. The number of nitrogens with one attached hydrogen (secondary N) is 1. The van der Waals surface area contributed by atoms with Gasteiger partial charge in [-0.3, -0.25) is 4.79 Å². The highest BCUT2D eigenvalue weighted by Gasteiger charge is 2.30. The van der Waals surface area contributed by atoms with Gasteiger partial charge in [0, 0.05) is 19.2 Å². The summed E-state index contributed by atoms with van der Waals surface area (Å²) < 4.78 is 10.8. The highest BCUT2D eigenvalue weighted by molar-refractivity contribution is 6.33. The molecule has 110 valence electrons. The normalized spacial score (nSPS) is 21.8. The fourth-order valence-electron chi connectivity index (χ4n) is 2.25. The minimum absolute atomic E-state index is 0.250. The van der Waals surface area contributed by atoms with Crippen molar-refractivity contribution in [3.63, 3.8) is 0 Å². The van der Waals surface area contributed by atoms with Crippen LogP contribution < -0.4 is 15.8 Å². The molecule has 5 nitrogen and oxygen atoms in total. The lowest BCUT2D eigenvalue weighted by Gasteiger charge is -2.23. The van der Waals surface area contributed by atoms with E-state index in [4.69, 9.17) is 26.8 Å². The van der Waals surface area contributed by atoms with Crippen LogP contribution in [0.15, 0.2) is 12.1 Å². The van der Waals surface area contributed by atoms with Gasteiger partial charge in [-0.15, -0.1) is 0 Å². The van der Waals surface area contributed by atoms with E-state index in [-0.39, 0.29) is 11.5 Å². The SMILES string of the molecule is COc1cc(N)c(Cl)cc1C(=O)NCC1(C)CCCO1. The monoisotopic (exact) mass is 298 g/mol. The van der Waals surface area contributed by atoms with Crippen molar-refractivity contribution in [3.8, 4) is 5.75 Å². The molecule has 0 aliphatic carbocycles. The van der Waals surface area contributed by atoms with Gasteiger partial charge in [-0.2, -0.15) is 0 Å². The zero-order valence-corrected chi connectivity index (χ0v) is 12.4. The van der Waals surface area contributed by atoms with Crippen LogP contribution in [-0.2, 0) is 4.74 Å². The molecule has 1 heterocycles. The number of nitrogen functional groups attached to an aromatic ring is 1. The average molecular weight is 299 g/mol. The number of ether oxygens (including phenoxy) is 2. The van der Waals surface area contributed by atoms with E-state index in [9.17, 15) is 4.79 Å². The molecule has 0 spiro atoms. The van der Waals surface area contributed by atoms with Gasteiger partial charge in [0.25, 0.3) is 5.91 Å². The highest BCUT2D eigenvalue weighted by atomic mass is 35.5. The average Bonchev–Trinajstić information content (AvgIpc) is 2.86. The van der Waals surface area contributed by atoms with Crippen LogP contribution in [0.5, 0.6) is 5.75 Å². The highest BCUT2D eigenvalue weighted by Crippen LogP contribution is 2.29. The van der Waals surface area contributed by atoms with Crippen LogP contribution in [0.1, 0.15) is 30.1 Å². The molecule has 1 aliphatic rings. The third-order valence-corrected chi connectivity index (χ3v) is 3.81. The van der Waals surface area contributed by atoms with Crippen LogP contribution in [0.3, 0.4) is 0 Å². The molecular formula is C14H19ClN2O3. The van der Waals surface area contributed by atoms with Gasteiger partial charge in [0.15, 0.2) is 0 Å². The fraction of sp³-hybridized carbons (Fsp3) is 0.500. The summed E-state index contributed by atoms with van der Waals surface area (Å²) in [7, 11) is 1.49. The van der Waals surface area contributed by atoms with Crippen LogP contribution in [-0.4, -0.2) is 31.8 Å². The van der Waals surface area contributed by atoms with Gasteiger partial charge in [-0.25, -0.2) is 0 Å². The van der Waals surface area contributed by atoms with Crippen LogP contribution in [0.25, 0.3) is 0 Å². The van der Waals surface area contributed by atoms with Crippen LogP contribution in [0.2, 0.25) is 5.02 Å². The molecule has 1 amide bonds. The van der Waals surface area contributed by atoms with E-state index in [1.54, 1.807) is 6.07 Å². The summed E-state index contributed by atoms with van der Waals surface area (Å²) in [5, 5.41) is 3.19. The van der Waals surface area contributed by atoms with E-state index >= 15 is 0 Å². The zero-order chi connectivity index (χ0) is 14.8. The number of benzene rings is 1. The number of anilines is 1. The summed E-state index contributed by atoms with van der Waals surface area (Å²) in [5.41, 5.74) is 6.15. The largest absolute Gasteiger partial charge is 0.496 e. The Labute approximate surface area is 123 Å². The smallest absolute Gasteiger partial charge is 0.255 e. The summed E-state index contributed by atoms with van der Waals surface area (Å²) in [6.45, 7) is 3.19. The molecule has 1 aromatic rings. The van der Waals surface area contributed by atoms with Gasteiger partial charge in [0.1, 0.15) is 5.75 Å². The predicted octanol–water partition coefficient (Wildman–Crippen LogP) is 2.23. The standard InChI is InChI=1S/C14H19ClN2O3/c1-14(4-3-5-20-14)8-17-13(18)9-6-10(15)11(16)7-12(9)19-2/h6-7H,3-5,8,16H2,1-2H3,(H,17,18). The minimum atomic E-state index is -0.291. The minimum Gasteiger partial charge on any atom is -0.496 e. The number of nitrogens with two attached hydrogens (primary N) is 1. The molecule has 2 rings (SSSR count). The molecule has 20 heavy (non-hydrogen) atoms. The van der Waals surface area contributed by atoms with Crippen molar-refractivity contribution in [2.45, 2.75) is 25.4 Å². The Hall–Kier alpha value is -1.46. The Morgan fingerprint density at radius 3 is 2.95 bits per heavy atom. The maximum atomic E-state index is 12.2. The summed E-state index contributed by atoms with van der Waals surface area (Å²) >= 11 is 5.96. The second kappa shape index (κ2) is 5.89. The Kier molecular flexibility index (Phi) is 4.40. The Balaban J connectivity index is 2.10. The van der Waals surface area contributed by atoms with E-state index in [1.807, 2.05) is 6.92 Å². The number of amides is 1. The lowest BCUT2D eigenvalue weighted by Crippen LogP contribution is -2.40. The van der Waals surface area contributed by atoms with Crippen molar-refractivity contribution in [2.75, 3.05) is 26.0 Å². The molecule has 0 bridgehead atoms. The number of rotatable bonds is 4. The summed E-state index contributed by atoms with van der Waals surface area (Å²) in [6.07, 6.45) is 1.95. The second-order valence-electron chi connectivity index (χ2n) is 5.16. The third-order valence-electron chi connectivity index (χ3n) is 3.49. The van der Waals surface area contributed by atoms with Crippen LogP contribution >= 0.6 is 11.6 Å². The Bertz CT molecular complexity index is 513. The number of carbonyl (C=O) groups excluding carboxylic acids is 1. The fourth-order valence-corrected chi connectivity index (χ4v) is 2.42. The van der Waals surface area contributed by atoms with Crippen molar-refractivity contribution in [2.24, 2.45) is 0 Å². The predicted molar refractivity (Wildman–Crippen MR) is 78.3 cm³/mol. The van der Waals surface area contributed by atoms with Crippen LogP contribution in [0, 0.1) is 0 Å². The molecule has 1 fully saturated rings. The first-order valence-electron chi connectivity index (χ1n) is 6.50. The van der Waals surface area contributed by atoms with Gasteiger partial charge >= 0.3 is 0 Å². The third kappa shape index (κ3) is 3.16. The molecular weight excluding hydrogens is 280 g/mol. The van der Waals surface area contributed by atoms with E-state index in [1.165, 1.54) is 13.2 Å². The van der Waals surface area contributed by atoms with Gasteiger partial charge in [0.2, 0.25) is 0 Å². The topological polar surface area (TPSA) is 73.6 Å². The van der Waals surface area contributed by atoms with Gasteiger partial charge < -0.3 is 20.5 Å². The van der Waals surface area contributed by atoms with Gasteiger partial charge in [0.05, 0.1) is 29.0 Å². The molecule has 6 heteroatoms. The van der Waals surface area contributed by atoms with E-state index in [2.05, 4.69) is 5.32 Å². The van der Waals surface area contributed by atoms with Crippen LogP contribution in [0.4, 0.5) is 5.69 Å². The molecule has 0 saturated carbocycles. The molecule has 1 atom stereocenters. The Morgan fingerprint density at radius 2 is 2.35 bits per heavy atom. The summed E-state index contributed by atoms with van der Waals surface area (Å²) in [4.78, 5) is 12.2. The van der Waals surface area contributed by atoms with Gasteiger partial charge in [-0.1, -0.05) is 11.6 Å². The lowest BCUT2D eigenvalue weighted by molar-refractivity contribution is 0.0205. The van der Waals surface area contributed by atoms with Crippen molar-refractivity contribution < 1.29 is 14.3 Å². The maximum absolute atomic E-state index is 12.2. The number of carbonyl (C=O) groups is 1. The van der Waals surface area contributed by atoms with Gasteiger partial charge in [-0.05, 0) is 25.8 Å². The number of hydrogen-bond donors (Lipinski definition) is 2. The number of halogens is 1. The molecule has 1 aliphatic heterocycles. The number of hydrogen-bond acceptors (Lipinski definition) is 4. The molecule has 1 unspecified atom stereocenters.